The van der Waals surface area contributed by atoms with E-state index in [-0.39, 0.29) is 42.3 Å². The number of fused-ring (bicyclic) bond motifs is 3. The van der Waals surface area contributed by atoms with Crippen molar-refractivity contribution in [2.75, 3.05) is 12.0 Å². The predicted molar refractivity (Wildman–Crippen MR) is 171 cm³/mol. The van der Waals surface area contributed by atoms with Gasteiger partial charge in [-0.3, -0.25) is 9.59 Å². The Labute approximate surface area is 264 Å². The van der Waals surface area contributed by atoms with E-state index in [0.717, 1.165) is 53.6 Å². The molecule has 232 valence electrons. The molecule has 0 radical (unpaired) electrons. The number of ether oxygens (including phenoxy) is 2. The van der Waals surface area contributed by atoms with Crippen LogP contribution in [0.3, 0.4) is 0 Å². The maximum atomic E-state index is 13.9. The van der Waals surface area contributed by atoms with Crippen LogP contribution >= 0.6 is 11.6 Å². The Bertz CT molecular complexity index is 1540. The van der Waals surface area contributed by atoms with Crippen LogP contribution < -0.4 is 14.4 Å². The molecule has 4 atom stereocenters. The second-order valence-electron chi connectivity index (χ2n) is 12.9. The third kappa shape index (κ3) is 5.45. The summed E-state index contributed by atoms with van der Waals surface area (Å²) in [5.41, 5.74) is 3.28. The fraction of sp³-hybridized carbons (Fsp3) is 0.444. The van der Waals surface area contributed by atoms with Crippen molar-refractivity contribution in [1.82, 2.24) is 4.90 Å². The molecular formula is C36H41ClN2O5. The molecule has 3 aromatic carbocycles. The van der Waals surface area contributed by atoms with Gasteiger partial charge >= 0.3 is 0 Å². The van der Waals surface area contributed by atoms with Crippen molar-refractivity contribution < 1.29 is 24.2 Å². The van der Waals surface area contributed by atoms with E-state index in [1.807, 2.05) is 91.2 Å². The average Bonchev–Trinajstić information content (AvgIpc) is 3.26. The minimum absolute atomic E-state index is 0.0373. The summed E-state index contributed by atoms with van der Waals surface area (Å²) >= 11 is 6.26. The zero-order valence-electron chi connectivity index (χ0n) is 26.0. The van der Waals surface area contributed by atoms with E-state index in [1.165, 1.54) is 0 Å². The van der Waals surface area contributed by atoms with Crippen LogP contribution in [0.4, 0.5) is 5.69 Å². The second kappa shape index (κ2) is 11.8. The van der Waals surface area contributed by atoms with Gasteiger partial charge in [0, 0.05) is 29.7 Å². The number of hydrogen-bond acceptors (Lipinski definition) is 5. The quantitative estimate of drug-likeness (QED) is 0.315. The third-order valence-electron chi connectivity index (χ3n) is 9.76. The largest absolute Gasteiger partial charge is 0.493 e. The Morgan fingerprint density at radius 2 is 1.64 bits per heavy atom. The normalized spacial score (nSPS) is 24.2. The number of anilines is 1. The van der Waals surface area contributed by atoms with E-state index >= 15 is 0 Å². The van der Waals surface area contributed by atoms with E-state index in [4.69, 9.17) is 21.1 Å². The molecule has 2 amide bonds. The highest BCUT2D eigenvalue weighted by molar-refractivity contribution is 6.30. The molecule has 7 nitrogen and oxygen atoms in total. The first kappa shape index (κ1) is 30.5. The van der Waals surface area contributed by atoms with Crippen molar-refractivity contribution in [3.8, 4) is 11.5 Å². The molecule has 6 rings (SSSR count). The number of aliphatic hydroxyl groups is 1. The van der Waals surface area contributed by atoms with Crippen LogP contribution in [-0.2, 0) is 21.6 Å². The summed E-state index contributed by atoms with van der Waals surface area (Å²) in [6.45, 7) is 7.48. The van der Waals surface area contributed by atoms with Gasteiger partial charge in [-0.2, -0.15) is 0 Å². The monoisotopic (exact) mass is 616 g/mol. The van der Waals surface area contributed by atoms with Gasteiger partial charge < -0.3 is 24.4 Å². The number of carbonyl (C=O) groups is 2. The number of piperidine rings is 1. The number of benzene rings is 3. The van der Waals surface area contributed by atoms with Crippen LogP contribution in [0.15, 0.2) is 60.7 Å². The molecule has 3 aliphatic heterocycles. The summed E-state index contributed by atoms with van der Waals surface area (Å²) < 4.78 is 11.8. The molecular weight excluding hydrogens is 576 g/mol. The molecule has 2 bridgehead atoms. The Kier molecular flexibility index (Phi) is 8.14. The molecule has 3 unspecified atom stereocenters. The summed E-state index contributed by atoms with van der Waals surface area (Å²) in [5, 5.41) is 12.5. The van der Waals surface area contributed by atoms with E-state index in [2.05, 4.69) is 0 Å². The minimum atomic E-state index is -1.06. The van der Waals surface area contributed by atoms with Gasteiger partial charge in [0.25, 0.3) is 0 Å². The zero-order chi connectivity index (χ0) is 31.3. The van der Waals surface area contributed by atoms with Crippen molar-refractivity contribution in [3.05, 3.63) is 87.9 Å². The number of rotatable bonds is 7. The Morgan fingerprint density at radius 3 is 2.20 bits per heavy atom. The first-order valence-corrected chi connectivity index (χ1v) is 15.9. The number of carbonyl (C=O) groups excluding carboxylic acids is 2. The maximum Gasteiger partial charge on any atom is 0.232 e. The number of methoxy groups -OCH3 is 1. The summed E-state index contributed by atoms with van der Waals surface area (Å²) in [7, 11) is 1.61. The van der Waals surface area contributed by atoms with Gasteiger partial charge in [-0.15, -0.1) is 0 Å². The lowest BCUT2D eigenvalue weighted by atomic mass is 9.75. The van der Waals surface area contributed by atoms with Gasteiger partial charge in [-0.25, -0.2) is 0 Å². The highest BCUT2D eigenvalue weighted by Gasteiger charge is 2.48. The SMILES string of the molecule is COc1cc2c(cc1OC(C)C)C(c1ccc(Cl)cc1)N(c1ccc([C@@](C)(O)C3CC4CCC(C3)N4C(C)=O)cc1)C(=O)C2. The molecule has 0 spiro atoms. The molecule has 1 N–H and O–H groups in total. The molecule has 8 heteroatoms. The smallest absolute Gasteiger partial charge is 0.232 e. The van der Waals surface area contributed by atoms with Crippen LogP contribution in [0, 0.1) is 5.92 Å². The highest BCUT2D eigenvalue weighted by atomic mass is 35.5. The van der Waals surface area contributed by atoms with Gasteiger partial charge in [0.05, 0.1) is 31.3 Å². The molecule has 0 aromatic heterocycles. The van der Waals surface area contributed by atoms with Gasteiger partial charge in [-0.1, -0.05) is 35.9 Å². The third-order valence-corrected chi connectivity index (χ3v) is 10.0. The van der Waals surface area contributed by atoms with Crippen molar-refractivity contribution in [2.45, 2.75) is 89.6 Å². The van der Waals surface area contributed by atoms with Crippen molar-refractivity contribution in [3.63, 3.8) is 0 Å². The van der Waals surface area contributed by atoms with Gasteiger partial charge in [0.15, 0.2) is 11.5 Å². The van der Waals surface area contributed by atoms with Crippen LogP contribution in [0.2, 0.25) is 5.02 Å². The fourth-order valence-electron chi connectivity index (χ4n) is 7.67. The van der Waals surface area contributed by atoms with E-state index in [0.29, 0.717) is 16.5 Å². The van der Waals surface area contributed by atoms with Gasteiger partial charge in [0.2, 0.25) is 11.8 Å². The van der Waals surface area contributed by atoms with Crippen LogP contribution in [-0.4, -0.2) is 47.1 Å². The lowest BCUT2D eigenvalue weighted by Crippen LogP contribution is -2.49. The molecule has 2 fully saturated rings. The van der Waals surface area contributed by atoms with Crippen molar-refractivity contribution in [1.29, 1.82) is 0 Å². The molecule has 0 saturated carbocycles. The Balaban J connectivity index is 1.36. The first-order valence-electron chi connectivity index (χ1n) is 15.5. The Morgan fingerprint density at radius 1 is 1.00 bits per heavy atom. The van der Waals surface area contributed by atoms with Gasteiger partial charge in [0.1, 0.15) is 0 Å². The highest BCUT2D eigenvalue weighted by Crippen LogP contribution is 2.47. The van der Waals surface area contributed by atoms with Crippen molar-refractivity contribution in [2.24, 2.45) is 5.92 Å². The maximum absolute atomic E-state index is 13.9. The van der Waals surface area contributed by atoms with E-state index in [1.54, 1.807) is 14.0 Å². The van der Waals surface area contributed by atoms with Crippen molar-refractivity contribution >= 4 is 29.1 Å². The predicted octanol–water partition coefficient (Wildman–Crippen LogP) is 6.81. The first-order chi connectivity index (χ1) is 21.0. The number of halogens is 1. The number of nitrogens with zero attached hydrogens (tertiary/aromatic N) is 2. The average molecular weight is 617 g/mol. The summed E-state index contributed by atoms with van der Waals surface area (Å²) in [6.07, 6.45) is 3.73. The lowest BCUT2D eigenvalue weighted by molar-refractivity contribution is -0.137. The van der Waals surface area contributed by atoms with Gasteiger partial charge in [-0.05, 0) is 111 Å². The standard InChI is InChI=1S/C36H41ClN2O5/c1-21(2)44-33-20-31-24(16-32(33)43-5)17-34(41)39(35(31)23-6-10-27(37)11-7-23)28-12-8-25(9-13-28)36(4,42)26-18-29-14-15-30(19-26)38(29)22(3)40/h6-13,16,20-21,26,29-30,35,42H,14-15,17-19H2,1-5H3/t26?,29?,30?,35?,36-/m1/s1. The van der Waals surface area contributed by atoms with Crippen LogP contribution in [0.1, 0.15) is 81.7 Å². The van der Waals surface area contributed by atoms with Crippen LogP contribution in [0.5, 0.6) is 11.5 Å². The minimum Gasteiger partial charge on any atom is -0.493 e. The van der Waals surface area contributed by atoms with E-state index in [9.17, 15) is 14.7 Å². The topological polar surface area (TPSA) is 79.3 Å². The molecule has 2 saturated heterocycles. The van der Waals surface area contributed by atoms with Crippen LogP contribution in [0.25, 0.3) is 0 Å². The number of hydrogen-bond donors (Lipinski definition) is 1. The summed E-state index contributed by atoms with van der Waals surface area (Å²) in [4.78, 5) is 30.0. The molecule has 0 aliphatic carbocycles. The molecule has 3 heterocycles. The van der Waals surface area contributed by atoms with E-state index < -0.39 is 11.6 Å². The molecule has 44 heavy (non-hydrogen) atoms. The summed E-state index contributed by atoms with van der Waals surface area (Å²) in [5.74, 6) is 1.36. The lowest BCUT2D eigenvalue weighted by Gasteiger charge is -2.44. The Hall–Kier alpha value is -3.55. The second-order valence-corrected chi connectivity index (χ2v) is 13.4. The molecule has 3 aliphatic rings. The summed E-state index contributed by atoms with van der Waals surface area (Å²) in [6, 6.07) is 19.2. The fourth-order valence-corrected chi connectivity index (χ4v) is 7.80. The molecule has 3 aromatic rings. The zero-order valence-corrected chi connectivity index (χ0v) is 26.8. The number of amides is 2.